The van der Waals surface area contributed by atoms with Gasteiger partial charge < -0.3 is 10.1 Å². The molecular weight excluding hydrogens is 198 g/mol. The Balaban J connectivity index is 1.87. The highest BCUT2D eigenvalue weighted by Crippen LogP contribution is 2.35. The first-order valence-corrected chi connectivity index (χ1v) is 6.32. The Kier molecular flexibility index (Phi) is 2.60. The molecular formula is C14H19NO. The monoisotopic (exact) mass is 217 g/mol. The van der Waals surface area contributed by atoms with Gasteiger partial charge >= 0.3 is 0 Å². The predicted octanol–water partition coefficient (Wildman–Crippen LogP) is 2.68. The molecule has 1 saturated heterocycles. The third-order valence-electron chi connectivity index (χ3n) is 3.82. The van der Waals surface area contributed by atoms with Gasteiger partial charge in [0, 0.05) is 18.0 Å². The van der Waals surface area contributed by atoms with Gasteiger partial charge in [-0.15, -0.1) is 0 Å². The van der Waals surface area contributed by atoms with Gasteiger partial charge in [0.1, 0.15) is 5.75 Å². The lowest BCUT2D eigenvalue weighted by molar-refractivity contribution is 0.332. The van der Waals surface area contributed by atoms with Gasteiger partial charge in [0.25, 0.3) is 0 Å². The smallest absolute Gasteiger partial charge is 0.122 e. The van der Waals surface area contributed by atoms with Crippen molar-refractivity contribution in [2.24, 2.45) is 5.92 Å². The van der Waals surface area contributed by atoms with E-state index >= 15 is 0 Å². The van der Waals surface area contributed by atoms with Crippen LogP contribution in [0.2, 0.25) is 0 Å². The molecule has 0 aliphatic carbocycles. The largest absolute Gasteiger partial charge is 0.493 e. The van der Waals surface area contributed by atoms with Gasteiger partial charge in [0.15, 0.2) is 0 Å². The van der Waals surface area contributed by atoms with E-state index in [4.69, 9.17) is 4.74 Å². The highest BCUT2D eigenvalue weighted by molar-refractivity contribution is 5.44. The first-order valence-electron chi connectivity index (χ1n) is 6.32. The topological polar surface area (TPSA) is 21.3 Å². The van der Waals surface area contributed by atoms with Gasteiger partial charge in [0.2, 0.25) is 0 Å². The number of benzene rings is 1. The van der Waals surface area contributed by atoms with Gasteiger partial charge in [-0.25, -0.2) is 0 Å². The van der Waals surface area contributed by atoms with Crippen LogP contribution in [0.25, 0.3) is 0 Å². The minimum atomic E-state index is 0.549. The number of hydrogen-bond donors (Lipinski definition) is 1. The summed E-state index contributed by atoms with van der Waals surface area (Å²) >= 11 is 0. The number of ether oxygens (including phenoxy) is 1. The molecule has 1 aromatic rings. The number of rotatable bonds is 1. The summed E-state index contributed by atoms with van der Waals surface area (Å²) in [5.41, 5.74) is 2.91. The first kappa shape index (κ1) is 10.2. The Hall–Kier alpha value is -1.02. The van der Waals surface area contributed by atoms with E-state index in [0.717, 1.165) is 31.2 Å². The van der Waals surface area contributed by atoms with Crippen LogP contribution in [-0.2, 0) is 6.42 Å². The molecule has 0 radical (unpaired) electrons. The first-order chi connectivity index (χ1) is 7.84. The number of hydrogen-bond acceptors (Lipinski definition) is 2. The van der Waals surface area contributed by atoms with E-state index < -0.39 is 0 Å². The second-order valence-electron chi connectivity index (χ2n) is 5.07. The summed E-state index contributed by atoms with van der Waals surface area (Å²) in [7, 11) is 0. The molecule has 16 heavy (non-hydrogen) atoms. The van der Waals surface area contributed by atoms with Crippen LogP contribution in [0.15, 0.2) is 18.2 Å². The van der Waals surface area contributed by atoms with Crippen LogP contribution in [0, 0.1) is 5.92 Å². The number of nitrogens with one attached hydrogen (secondary N) is 1. The fraction of sp³-hybridized carbons (Fsp3) is 0.571. The minimum absolute atomic E-state index is 0.549. The van der Waals surface area contributed by atoms with E-state index in [1.165, 1.54) is 24.0 Å². The van der Waals surface area contributed by atoms with Crippen LogP contribution in [0.5, 0.6) is 5.75 Å². The van der Waals surface area contributed by atoms with Crippen LogP contribution in [0.1, 0.15) is 36.9 Å². The van der Waals surface area contributed by atoms with E-state index in [2.05, 4.69) is 30.4 Å². The zero-order chi connectivity index (χ0) is 11.0. The fourth-order valence-corrected chi connectivity index (χ4v) is 2.84. The molecule has 0 amide bonds. The van der Waals surface area contributed by atoms with Crippen LogP contribution in [-0.4, -0.2) is 13.2 Å². The molecule has 1 fully saturated rings. The van der Waals surface area contributed by atoms with Crippen LogP contribution in [0.3, 0.4) is 0 Å². The quantitative estimate of drug-likeness (QED) is 0.781. The second kappa shape index (κ2) is 4.10. The highest BCUT2D eigenvalue weighted by atomic mass is 16.5. The highest BCUT2D eigenvalue weighted by Gasteiger charge is 2.24. The van der Waals surface area contributed by atoms with E-state index in [9.17, 15) is 0 Å². The molecule has 2 atom stereocenters. The summed E-state index contributed by atoms with van der Waals surface area (Å²) in [6, 6.07) is 7.03. The predicted molar refractivity (Wildman–Crippen MR) is 64.8 cm³/mol. The fourth-order valence-electron chi connectivity index (χ4n) is 2.84. The molecule has 1 N–H and O–H groups in total. The van der Waals surface area contributed by atoms with Crippen molar-refractivity contribution >= 4 is 0 Å². The molecule has 2 aliphatic rings. The summed E-state index contributed by atoms with van der Waals surface area (Å²) in [4.78, 5) is 0. The van der Waals surface area contributed by atoms with Crippen molar-refractivity contribution in [2.75, 3.05) is 13.2 Å². The van der Waals surface area contributed by atoms with E-state index in [0.29, 0.717) is 6.04 Å². The summed E-state index contributed by atoms with van der Waals surface area (Å²) < 4.78 is 5.62. The summed E-state index contributed by atoms with van der Waals surface area (Å²) in [6.07, 6.45) is 3.68. The third kappa shape index (κ3) is 1.71. The molecule has 86 valence electrons. The van der Waals surface area contributed by atoms with Crippen LogP contribution < -0.4 is 10.1 Å². The molecule has 3 rings (SSSR count). The maximum atomic E-state index is 5.62. The average molecular weight is 217 g/mol. The Morgan fingerprint density at radius 3 is 3.06 bits per heavy atom. The molecule has 2 aliphatic heterocycles. The van der Waals surface area contributed by atoms with E-state index in [1.54, 1.807) is 0 Å². The minimum Gasteiger partial charge on any atom is -0.493 e. The Labute approximate surface area is 97.0 Å². The average Bonchev–Trinajstić information content (AvgIpc) is 2.78. The SMILES string of the molecule is C[C@H]1CC[C@H](c2cccc3c2CCO3)NC1. The number of piperidine rings is 1. The van der Waals surface area contributed by atoms with Crippen molar-refractivity contribution in [3.05, 3.63) is 29.3 Å². The zero-order valence-corrected chi connectivity index (χ0v) is 9.83. The lowest BCUT2D eigenvalue weighted by atomic mass is 9.89. The molecule has 2 nitrogen and oxygen atoms in total. The van der Waals surface area contributed by atoms with Crippen molar-refractivity contribution in [1.29, 1.82) is 0 Å². The summed E-state index contributed by atoms with van der Waals surface area (Å²) in [5.74, 6) is 1.93. The van der Waals surface area contributed by atoms with E-state index in [1.807, 2.05) is 0 Å². The van der Waals surface area contributed by atoms with Crippen LogP contribution >= 0.6 is 0 Å². The Bertz CT molecular complexity index is 380. The van der Waals surface area contributed by atoms with Crippen molar-refractivity contribution in [2.45, 2.75) is 32.2 Å². The third-order valence-corrected chi connectivity index (χ3v) is 3.82. The molecule has 0 unspecified atom stereocenters. The van der Waals surface area contributed by atoms with Gasteiger partial charge in [-0.2, -0.15) is 0 Å². The second-order valence-corrected chi connectivity index (χ2v) is 5.07. The molecule has 0 aromatic heterocycles. The molecule has 0 bridgehead atoms. The summed E-state index contributed by atoms with van der Waals surface area (Å²) in [5, 5.41) is 3.66. The maximum absolute atomic E-state index is 5.62. The van der Waals surface area contributed by atoms with Crippen molar-refractivity contribution in [3.8, 4) is 5.75 Å². The molecule has 0 saturated carbocycles. The number of fused-ring (bicyclic) bond motifs is 1. The molecule has 0 spiro atoms. The van der Waals surface area contributed by atoms with Crippen molar-refractivity contribution in [1.82, 2.24) is 5.32 Å². The normalized spacial score (nSPS) is 28.6. The Morgan fingerprint density at radius 2 is 2.25 bits per heavy atom. The molecule has 2 heteroatoms. The van der Waals surface area contributed by atoms with E-state index in [-0.39, 0.29) is 0 Å². The summed E-state index contributed by atoms with van der Waals surface area (Å²) in [6.45, 7) is 4.33. The maximum Gasteiger partial charge on any atom is 0.122 e. The van der Waals surface area contributed by atoms with Crippen molar-refractivity contribution in [3.63, 3.8) is 0 Å². The van der Waals surface area contributed by atoms with Gasteiger partial charge in [0.05, 0.1) is 6.61 Å². The van der Waals surface area contributed by atoms with Crippen molar-refractivity contribution < 1.29 is 4.74 Å². The lowest BCUT2D eigenvalue weighted by Crippen LogP contribution is -2.32. The molecule has 1 aromatic carbocycles. The van der Waals surface area contributed by atoms with Crippen LogP contribution in [0.4, 0.5) is 0 Å². The van der Waals surface area contributed by atoms with Gasteiger partial charge in [-0.05, 0) is 36.9 Å². The Morgan fingerprint density at radius 1 is 1.31 bits per heavy atom. The van der Waals surface area contributed by atoms with Gasteiger partial charge in [-0.3, -0.25) is 0 Å². The van der Waals surface area contributed by atoms with Gasteiger partial charge in [-0.1, -0.05) is 19.1 Å². The lowest BCUT2D eigenvalue weighted by Gasteiger charge is -2.29. The zero-order valence-electron chi connectivity index (χ0n) is 9.83. The standard InChI is InChI=1S/C14H19NO/c1-10-5-6-13(15-9-10)11-3-2-4-14-12(11)7-8-16-14/h2-4,10,13,15H,5-9H2,1H3/t10-,13+/m0/s1. The molecule has 2 heterocycles.